The zero-order valence-electron chi connectivity index (χ0n) is 12.7. The Balaban J connectivity index is 1.65. The van der Waals surface area contributed by atoms with Crippen molar-refractivity contribution in [2.45, 2.75) is 32.1 Å². The highest BCUT2D eigenvalue weighted by molar-refractivity contribution is 6.46. The number of carboxylic acids is 1. The second-order valence-electron chi connectivity index (χ2n) is 6.99. The molecule has 5 nitrogen and oxygen atoms in total. The standard InChI is InChI=1S/C16H16Cl3N3O2/c17-10-13(11(18)15(19)20-14(10)16(23)24)22-21-12-8-2-6-1-7(4-8)5-9(12)3-6/h6-9H,1-5H2,(H,20,22)(H,23,24)/p-1. The van der Waals surface area contributed by atoms with Crippen molar-refractivity contribution in [1.29, 1.82) is 0 Å². The van der Waals surface area contributed by atoms with Gasteiger partial charge in [0.05, 0.1) is 16.7 Å². The molecular weight excluding hydrogens is 373 g/mol. The summed E-state index contributed by atoms with van der Waals surface area (Å²) < 4.78 is 0. The van der Waals surface area contributed by atoms with Gasteiger partial charge in [0.2, 0.25) is 0 Å². The van der Waals surface area contributed by atoms with Crippen LogP contribution in [0.2, 0.25) is 15.2 Å². The van der Waals surface area contributed by atoms with Gasteiger partial charge < -0.3 is 9.90 Å². The van der Waals surface area contributed by atoms with E-state index in [9.17, 15) is 9.90 Å². The third-order valence-corrected chi connectivity index (χ3v) is 6.61. The predicted octanol–water partition coefficient (Wildman–Crippen LogP) is 3.63. The molecule has 1 N–H and O–H groups in total. The van der Waals surface area contributed by atoms with Gasteiger partial charge in [-0.2, -0.15) is 5.10 Å². The lowest BCUT2D eigenvalue weighted by atomic mass is 9.55. The lowest BCUT2D eigenvalue weighted by Gasteiger charge is -2.50. The minimum Gasteiger partial charge on any atom is -0.543 e. The number of carbonyl (C=O) groups excluding carboxylic acids is 1. The van der Waals surface area contributed by atoms with Crippen LogP contribution in [-0.4, -0.2) is 16.7 Å². The van der Waals surface area contributed by atoms with Gasteiger partial charge in [0.15, 0.2) is 5.15 Å². The highest BCUT2D eigenvalue weighted by Gasteiger charge is 2.46. The first-order valence-corrected chi connectivity index (χ1v) is 9.16. The van der Waals surface area contributed by atoms with E-state index in [0.717, 1.165) is 17.5 Å². The summed E-state index contributed by atoms with van der Waals surface area (Å²) in [6.07, 6.45) is 6.12. The first-order valence-electron chi connectivity index (χ1n) is 8.03. The zero-order chi connectivity index (χ0) is 17.0. The lowest BCUT2D eigenvalue weighted by molar-refractivity contribution is -0.255. The van der Waals surface area contributed by atoms with E-state index in [1.807, 2.05) is 0 Å². The number of hydrogen-bond acceptors (Lipinski definition) is 5. The van der Waals surface area contributed by atoms with E-state index in [2.05, 4.69) is 15.5 Å². The summed E-state index contributed by atoms with van der Waals surface area (Å²) in [6.45, 7) is 0. The number of pyridine rings is 1. The second kappa shape index (κ2) is 6.04. The van der Waals surface area contributed by atoms with E-state index in [4.69, 9.17) is 34.8 Å². The number of halogens is 3. The molecule has 8 heteroatoms. The largest absolute Gasteiger partial charge is 0.543 e. The second-order valence-corrected chi connectivity index (χ2v) is 8.11. The maximum absolute atomic E-state index is 11.1. The van der Waals surface area contributed by atoms with Crippen LogP contribution in [0.1, 0.15) is 42.6 Å². The van der Waals surface area contributed by atoms with Gasteiger partial charge in [0, 0.05) is 5.71 Å². The van der Waals surface area contributed by atoms with Crippen molar-refractivity contribution >= 4 is 52.2 Å². The Labute approximate surface area is 154 Å². The van der Waals surface area contributed by atoms with Crippen molar-refractivity contribution in [1.82, 2.24) is 4.98 Å². The molecule has 4 aliphatic rings. The summed E-state index contributed by atoms with van der Waals surface area (Å²) in [5.41, 5.74) is 3.72. The molecule has 0 unspecified atom stereocenters. The maximum Gasteiger partial charge on any atom is 0.150 e. The van der Waals surface area contributed by atoms with Crippen molar-refractivity contribution in [2.24, 2.45) is 28.8 Å². The molecule has 0 spiro atoms. The maximum atomic E-state index is 11.1. The Morgan fingerprint density at radius 3 is 2.17 bits per heavy atom. The summed E-state index contributed by atoms with van der Waals surface area (Å²) in [7, 11) is 0. The molecule has 5 rings (SSSR count). The molecule has 0 radical (unpaired) electrons. The fourth-order valence-electron chi connectivity index (χ4n) is 4.72. The van der Waals surface area contributed by atoms with Crippen LogP contribution in [0.4, 0.5) is 5.69 Å². The quantitative estimate of drug-likeness (QED) is 0.634. The Kier molecular flexibility index (Phi) is 4.14. The first kappa shape index (κ1) is 16.4. The van der Waals surface area contributed by atoms with Gasteiger partial charge in [-0.3, -0.25) is 5.43 Å². The van der Waals surface area contributed by atoms with Gasteiger partial charge in [0.1, 0.15) is 10.7 Å². The normalized spacial score (nSPS) is 30.5. The summed E-state index contributed by atoms with van der Waals surface area (Å²) in [5, 5.41) is 15.4. The van der Waals surface area contributed by atoms with Crippen LogP contribution in [0.3, 0.4) is 0 Å². The van der Waals surface area contributed by atoms with E-state index in [1.165, 1.54) is 32.1 Å². The van der Waals surface area contributed by atoms with Crippen LogP contribution in [-0.2, 0) is 0 Å². The molecule has 0 aromatic carbocycles. The molecular formula is C16H15Cl3N3O2-. The Hall–Kier alpha value is -1.04. The molecule has 4 bridgehead atoms. The molecule has 24 heavy (non-hydrogen) atoms. The summed E-state index contributed by atoms with van der Waals surface area (Å²) >= 11 is 18.1. The monoisotopic (exact) mass is 386 g/mol. The SMILES string of the molecule is O=C([O-])c1nc(Cl)c(Cl)c(NN=C2C3CC4CC(C3)CC2C4)c1Cl. The minimum atomic E-state index is -1.51. The molecule has 0 saturated heterocycles. The lowest BCUT2D eigenvalue weighted by Crippen LogP contribution is -2.45. The van der Waals surface area contributed by atoms with E-state index in [-0.39, 0.29) is 20.9 Å². The smallest absolute Gasteiger partial charge is 0.150 e. The minimum absolute atomic E-state index is 0.0554. The zero-order valence-corrected chi connectivity index (χ0v) is 15.0. The highest BCUT2D eigenvalue weighted by atomic mass is 35.5. The Bertz CT molecular complexity index is 721. The number of rotatable bonds is 3. The van der Waals surface area contributed by atoms with Gasteiger partial charge in [-0.15, -0.1) is 0 Å². The average Bonchev–Trinajstić information content (AvgIpc) is 2.52. The van der Waals surface area contributed by atoms with E-state index >= 15 is 0 Å². The average molecular weight is 388 g/mol. The molecule has 128 valence electrons. The topological polar surface area (TPSA) is 77.4 Å². The van der Waals surface area contributed by atoms with E-state index in [0.29, 0.717) is 11.8 Å². The highest BCUT2D eigenvalue weighted by Crippen LogP contribution is 2.52. The molecule has 4 fully saturated rings. The number of carboxylic acid groups (broad SMARTS) is 1. The fraction of sp³-hybridized carbons (Fsp3) is 0.562. The number of aromatic carboxylic acids is 1. The summed E-state index contributed by atoms with van der Waals surface area (Å²) in [5.74, 6) is 1.16. The first-order chi connectivity index (χ1) is 11.4. The molecule has 0 atom stereocenters. The van der Waals surface area contributed by atoms with Crippen LogP contribution in [0.5, 0.6) is 0 Å². The predicted molar refractivity (Wildman–Crippen MR) is 91.7 cm³/mol. The van der Waals surface area contributed by atoms with Crippen molar-refractivity contribution < 1.29 is 9.90 Å². The number of carbonyl (C=O) groups is 1. The van der Waals surface area contributed by atoms with Crippen molar-refractivity contribution in [3.8, 4) is 0 Å². The third kappa shape index (κ3) is 2.67. The molecule has 4 saturated carbocycles. The van der Waals surface area contributed by atoms with Gasteiger partial charge in [0.25, 0.3) is 0 Å². The molecule has 0 aliphatic heterocycles. The fourth-order valence-corrected chi connectivity index (χ4v) is 5.38. The molecule has 1 aromatic rings. The number of hydrogen-bond donors (Lipinski definition) is 1. The van der Waals surface area contributed by atoms with Crippen LogP contribution in [0, 0.1) is 23.7 Å². The molecule has 1 aromatic heterocycles. The number of nitrogens with zero attached hydrogens (tertiary/aromatic N) is 2. The van der Waals surface area contributed by atoms with Crippen LogP contribution in [0.15, 0.2) is 5.10 Å². The van der Waals surface area contributed by atoms with Gasteiger partial charge >= 0.3 is 0 Å². The Morgan fingerprint density at radius 1 is 1.04 bits per heavy atom. The number of nitrogens with one attached hydrogen (secondary N) is 1. The molecule has 0 amide bonds. The van der Waals surface area contributed by atoms with Crippen LogP contribution >= 0.6 is 34.8 Å². The Morgan fingerprint density at radius 2 is 1.62 bits per heavy atom. The van der Waals surface area contributed by atoms with Crippen molar-refractivity contribution in [3.05, 3.63) is 20.9 Å². The number of aromatic nitrogens is 1. The summed E-state index contributed by atoms with van der Waals surface area (Å²) in [6, 6.07) is 0. The van der Waals surface area contributed by atoms with Gasteiger partial charge in [-0.1, -0.05) is 34.8 Å². The number of anilines is 1. The van der Waals surface area contributed by atoms with Crippen LogP contribution < -0.4 is 10.5 Å². The van der Waals surface area contributed by atoms with Crippen molar-refractivity contribution in [3.63, 3.8) is 0 Å². The van der Waals surface area contributed by atoms with Crippen LogP contribution in [0.25, 0.3) is 0 Å². The van der Waals surface area contributed by atoms with Crippen molar-refractivity contribution in [2.75, 3.05) is 5.43 Å². The molecule has 1 heterocycles. The summed E-state index contributed by atoms with van der Waals surface area (Å²) in [4.78, 5) is 14.8. The van der Waals surface area contributed by atoms with Gasteiger partial charge in [-0.25, -0.2) is 4.98 Å². The number of hydrazone groups is 1. The van der Waals surface area contributed by atoms with E-state index < -0.39 is 11.7 Å². The van der Waals surface area contributed by atoms with Gasteiger partial charge in [-0.05, 0) is 55.8 Å². The third-order valence-electron chi connectivity index (χ3n) is 5.50. The molecule has 4 aliphatic carbocycles. The van der Waals surface area contributed by atoms with E-state index in [1.54, 1.807) is 0 Å².